The first-order chi connectivity index (χ1) is 13.6. The number of nitrogens with one attached hydrogen (secondary N) is 1. The number of methoxy groups -OCH3 is 1. The Balaban J connectivity index is 1.78. The third-order valence-corrected chi connectivity index (χ3v) is 4.18. The van der Waals surface area contributed by atoms with Crippen molar-refractivity contribution in [2.75, 3.05) is 17.7 Å². The minimum Gasteiger partial charge on any atom is -0.497 e. The van der Waals surface area contributed by atoms with Gasteiger partial charge in [-0.3, -0.25) is 14.5 Å². The van der Waals surface area contributed by atoms with Crippen molar-refractivity contribution < 1.29 is 14.3 Å². The maximum absolute atomic E-state index is 12.9. The normalized spacial score (nSPS) is 10.2. The fourth-order valence-corrected chi connectivity index (χ4v) is 2.69. The van der Waals surface area contributed by atoms with E-state index in [1.54, 1.807) is 55.6 Å². The molecule has 2 amide bonds. The zero-order chi connectivity index (χ0) is 19.9. The number of para-hydroxylation sites is 1. The summed E-state index contributed by atoms with van der Waals surface area (Å²) in [6.07, 6.45) is 0. The summed E-state index contributed by atoms with van der Waals surface area (Å²) >= 11 is 0. The SMILES string of the molecule is COc1ccc(CNC(=O)C(=O)N(c2ccccc2)c2ccc(N)cc2)cc1. The number of rotatable bonds is 5. The van der Waals surface area contributed by atoms with Crippen LogP contribution in [0.1, 0.15) is 5.56 Å². The molecule has 0 aromatic heterocycles. The van der Waals surface area contributed by atoms with Gasteiger partial charge in [-0.15, -0.1) is 0 Å². The number of nitrogens with zero attached hydrogens (tertiary/aromatic N) is 1. The van der Waals surface area contributed by atoms with Crippen molar-refractivity contribution in [3.05, 3.63) is 84.4 Å². The van der Waals surface area contributed by atoms with Crippen LogP contribution in [-0.4, -0.2) is 18.9 Å². The third-order valence-electron chi connectivity index (χ3n) is 4.18. The van der Waals surface area contributed by atoms with Crippen LogP contribution in [-0.2, 0) is 16.1 Å². The molecule has 6 nitrogen and oxygen atoms in total. The summed E-state index contributed by atoms with van der Waals surface area (Å²) < 4.78 is 5.11. The van der Waals surface area contributed by atoms with Gasteiger partial charge >= 0.3 is 11.8 Å². The average molecular weight is 375 g/mol. The minimum atomic E-state index is -0.698. The number of ether oxygens (including phenoxy) is 1. The van der Waals surface area contributed by atoms with Gasteiger partial charge in [-0.05, 0) is 54.1 Å². The summed E-state index contributed by atoms with van der Waals surface area (Å²) in [5.74, 6) is -0.647. The Labute approximate surface area is 163 Å². The zero-order valence-corrected chi connectivity index (χ0v) is 15.5. The number of nitrogen functional groups attached to an aromatic ring is 1. The lowest BCUT2D eigenvalue weighted by Crippen LogP contribution is -2.40. The minimum absolute atomic E-state index is 0.235. The molecule has 28 heavy (non-hydrogen) atoms. The van der Waals surface area contributed by atoms with Gasteiger partial charge in [0.2, 0.25) is 0 Å². The Morgan fingerprint density at radius 3 is 2.11 bits per heavy atom. The van der Waals surface area contributed by atoms with E-state index in [0.29, 0.717) is 17.1 Å². The van der Waals surface area contributed by atoms with E-state index in [1.165, 1.54) is 4.90 Å². The first-order valence-corrected chi connectivity index (χ1v) is 8.74. The highest BCUT2D eigenvalue weighted by Crippen LogP contribution is 2.26. The Morgan fingerprint density at radius 1 is 0.893 bits per heavy atom. The van der Waals surface area contributed by atoms with Crippen molar-refractivity contribution in [1.82, 2.24) is 5.32 Å². The molecule has 0 radical (unpaired) electrons. The maximum Gasteiger partial charge on any atom is 0.320 e. The van der Waals surface area contributed by atoms with Crippen LogP contribution in [0.4, 0.5) is 17.1 Å². The number of hydrogen-bond donors (Lipinski definition) is 2. The predicted molar refractivity (Wildman–Crippen MR) is 109 cm³/mol. The third kappa shape index (κ3) is 4.48. The van der Waals surface area contributed by atoms with Crippen molar-refractivity contribution in [1.29, 1.82) is 0 Å². The number of carbonyl (C=O) groups excluding carboxylic acids is 2. The molecule has 3 aromatic rings. The van der Waals surface area contributed by atoms with Gasteiger partial charge in [0.1, 0.15) is 5.75 Å². The van der Waals surface area contributed by atoms with Crippen LogP contribution in [0, 0.1) is 0 Å². The van der Waals surface area contributed by atoms with E-state index in [4.69, 9.17) is 10.5 Å². The second kappa shape index (κ2) is 8.73. The highest BCUT2D eigenvalue weighted by Gasteiger charge is 2.24. The number of carbonyl (C=O) groups is 2. The van der Waals surface area contributed by atoms with Gasteiger partial charge < -0.3 is 15.8 Å². The zero-order valence-electron chi connectivity index (χ0n) is 15.5. The summed E-state index contributed by atoms with van der Waals surface area (Å²) in [6.45, 7) is 0.235. The van der Waals surface area contributed by atoms with Gasteiger partial charge in [0.05, 0.1) is 7.11 Å². The van der Waals surface area contributed by atoms with E-state index in [0.717, 1.165) is 11.3 Å². The molecule has 6 heteroatoms. The summed E-state index contributed by atoms with van der Waals surface area (Å²) in [5, 5.41) is 2.67. The van der Waals surface area contributed by atoms with Crippen molar-refractivity contribution in [2.24, 2.45) is 0 Å². The monoisotopic (exact) mass is 375 g/mol. The molecule has 0 saturated carbocycles. The molecule has 3 rings (SSSR count). The van der Waals surface area contributed by atoms with Crippen molar-refractivity contribution in [3.63, 3.8) is 0 Å². The van der Waals surface area contributed by atoms with E-state index >= 15 is 0 Å². The van der Waals surface area contributed by atoms with Gasteiger partial charge in [-0.2, -0.15) is 0 Å². The van der Waals surface area contributed by atoms with Gasteiger partial charge in [0.25, 0.3) is 0 Å². The fourth-order valence-electron chi connectivity index (χ4n) is 2.69. The van der Waals surface area contributed by atoms with Gasteiger partial charge in [0, 0.05) is 23.6 Å². The van der Waals surface area contributed by atoms with Crippen LogP contribution >= 0.6 is 0 Å². The largest absolute Gasteiger partial charge is 0.497 e. The van der Waals surface area contributed by atoms with Crippen LogP contribution < -0.4 is 20.7 Å². The molecule has 142 valence electrons. The number of hydrogen-bond acceptors (Lipinski definition) is 4. The van der Waals surface area contributed by atoms with Gasteiger partial charge in [-0.1, -0.05) is 30.3 Å². The summed E-state index contributed by atoms with van der Waals surface area (Å²) in [7, 11) is 1.59. The van der Waals surface area contributed by atoms with Crippen LogP contribution in [0.2, 0.25) is 0 Å². The number of amides is 2. The molecule has 0 unspecified atom stereocenters. The quantitative estimate of drug-likeness (QED) is 0.530. The Morgan fingerprint density at radius 2 is 1.50 bits per heavy atom. The molecule has 0 aliphatic heterocycles. The maximum atomic E-state index is 12.9. The Kier molecular flexibility index (Phi) is 5.91. The average Bonchev–Trinajstić information content (AvgIpc) is 2.74. The molecule has 3 N–H and O–H groups in total. The number of benzene rings is 3. The van der Waals surface area contributed by atoms with Crippen molar-refractivity contribution in [3.8, 4) is 5.75 Å². The van der Waals surface area contributed by atoms with Crippen LogP contribution in [0.5, 0.6) is 5.75 Å². The Bertz CT molecular complexity index is 939. The van der Waals surface area contributed by atoms with E-state index in [9.17, 15) is 9.59 Å². The summed E-state index contributed by atoms with van der Waals surface area (Å²) in [5.41, 5.74) is 8.34. The molecule has 0 saturated heterocycles. The molecule has 3 aromatic carbocycles. The van der Waals surface area contributed by atoms with Crippen LogP contribution in [0.25, 0.3) is 0 Å². The van der Waals surface area contributed by atoms with Crippen LogP contribution in [0.3, 0.4) is 0 Å². The topological polar surface area (TPSA) is 84.7 Å². The molecule has 0 fully saturated rings. The summed E-state index contributed by atoms with van der Waals surface area (Å²) in [6, 6.07) is 23.0. The van der Waals surface area contributed by atoms with E-state index in [2.05, 4.69) is 5.32 Å². The van der Waals surface area contributed by atoms with E-state index in [-0.39, 0.29) is 6.54 Å². The smallest absolute Gasteiger partial charge is 0.320 e. The van der Waals surface area contributed by atoms with Gasteiger partial charge in [0.15, 0.2) is 0 Å². The lowest BCUT2D eigenvalue weighted by molar-refractivity contribution is -0.137. The molecule has 0 heterocycles. The first-order valence-electron chi connectivity index (χ1n) is 8.74. The molecule has 0 aliphatic rings. The molecule has 0 spiro atoms. The number of anilines is 3. The van der Waals surface area contributed by atoms with Gasteiger partial charge in [-0.25, -0.2) is 0 Å². The highest BCUT2D eigenvalue weighted by atomic mass is 16.5. The molecule has 0 aliphatic carbocycles. The highest BCUT2D eigenvalue weighted by molar-refractivity contribution is 6.42. The second-order valence-electron chi connectivity index (χ2n) is 6.10. The standard InChI is InChI=1S/C22H21N3O3/c1-28-20-13-7-16(8-14-20)15-24-21(26)22(27)25(18-5-3-2-4-6-18)19-11-9-17(23)10-12-19/h2-14H,15,23H2,1H3,(H,24,26). The second-order valence-corrected chi connectivity index (χ2v) is 6.10. The van der Waals surface area contributed by atoms with Crippen molar-refractivity contribution in [2.45, 2.75) is 6.54 Å². The van der Waals surface area contributed by atoms with E-state index in [1.807, 2.05) is 30.3 Å². The lowest BCUT2D eigenvalue weighted by atomic mass is 10.2. The fraction of sp³-hybridized carbons (Fsp3) is 0.0909. The molecule has 0 atom stereocenters. The first kappa shape index (κ1) is 19.0. The molecular formula is C22H21N3O3. The molecular weight excluding hydrogens is 354 g/mol. The number of nitrogens with two attached hydrogens (primary N) is 1. The van der Waals surface area contributed by atoms with Crippen LogP contribution in [0.15, 0.2) is 78.9 Å². The Hall–Kier alpha value is -3.80. The summed E-state index contributed by atoms with van der Waals surface area (Å²) in [4.78, 5) is 26.8. The van der Waals surface area contributed by atoms with E-state index < -0.39 is 11.8 Å². The lowest BCUT2D eigenvalue weighted by Gasteiger charge is -2.22. The van der Waals surface area contributed by atoms with Crippen molar-refractivity contribution >= 4 is 28.9 Å². The molecule has 0 bridgehead atoms. The predicted octanol–water partition coefficient (Wildman–Crippen LogP) is 3.26.